The Labute approximate surface area is 110 Å². The quantitative estimate of drug-likeness (QED) is 0.924. The summed E-state index contributed by atoms with van der Waals surface area (Å²) in [6, 6.07) is 4.83. The molecular weight excluding hydrogens is 309 g/mol. The summed E-state index contributed by atoms with van der Waals surface area (Å²) >= 11 is 8.86. The molecule has 2 heterocycles. The fraction of sp³-hybridized carbons (Fsp3) is 0.100. The van der Waals surface area contributed by atoms with Gasteiger partial charge < -0.3 is 9.73 Å². The molecule has 0 fully saturated rings. The molecule has 0 unspecified atom stereocenters. The highest BCUT2D eigenvalue weighted by molar-refractivity contribution is 9.10. The number of carbonyl (C=O) groups is 1. The Balaban J connectivity index is 2.18. The molecule has 0 saturated carbocycles. The Kier molecular flexibility index (Phi) is 3.44. The van der Waals surface area contributed by atoms with Gasteiger partial charge in [-0.15, -0.1) is 10.2 Å². The topological polar surface area (TPSA) is 68.0 Å². The van der Waals surface area contributed by atoms with Crippen LogP contribution < -0.4 is 5.32 Å². The molecule has 1 amide bonds. The minimum atomic E-state index is -0.393. The Morgan fingerprint density at radius 1 is 1.47 bits per heavy atom. The van der Waals surface area contributed by atoms with E-state index in [-0.39, 0.29) is 16.7 Å². The number of furan rings is 1. The molecule has 0 bridgehead atoms. The van der Waals surface area contributed by atoms with Crippen LogP contribution >= 0.6 is 27.5 Å². The molecule has 0 saturated heterocycles. The van der Waals surface area contributed by atoms with E-state index >= 15 is 0 Å². The van der Waals surface area contributed by atoms with Gasteiger partial charge in [0.05, 0.1) is 4.47 Å². The second-order valence-electron chi connectivity index (χ2n) is 3.23. The smallest absolute Gasteiger partial charge is 0.292 e. The van der Waals surface area contributed by atoms with Crippen molar-refractivity contribution in [2.75, 3.05) is 5.32 Å². The molecule has 17 heavy (non-hydrogen) atoms. The summed E-state index contributed by atoms with van der Waals surface area (Å²) in [5, 5.41) is 10.2. The number of amides is 1. The van der Waals surface area contributed by atoms with Crippen LogP contribution in [0.1, 0.15) is 16.3 Å². The molecule has 88 valence electrons. The number of hydrogen-bond donors (Lipinski definition) is 1. The zero-order valence-electron chi connectivity index (χ0n) is 8.70. The van der Waals surface area contributed by atoms with Crippen molar-refractivity contribution in [1.82, 2.24) is 10.2 Å². The monoisotopic (exact) mass is 315 g/mol. The second kappa shape index (κ2) is 4.85. The van der Waals surface area contributed by atoms with E-state index in [1.807, 2.05) is 0 Å². The molecular formula is C10H7BrClN3O2. The van der Waals surface area contributed by atoms with Crippen LogP contribution in [0.4, 0.5) is 5.82 Å². The summed E-state index contributed by atoms with van der Waals surface area (Å²) in [4.78, 5) is 11.7. The molecule has 0 aliphatic heterocycles. The number of nitrogens with one attached hydrogen (secondary N) is 1. The van der Waals surface area contributed by atoms with Crippen molar-refractivity contribution in [3.63, 3.8) is 0 Å². The minimum absolute atomic E-state index is 0.214. The lowest BCUT2D eigenvalue weighted by atomic mass is 10.4. The molecule has 0 atom stereocenters. The van der Waals surface area contributed by atoms with Gasteiger partial charge in [-0.3, -0.25) is 4.79 Å². The highest BCUT2D eigenvalue weighted by atomic mass is 79.9. The van der Waals surface area contributed by atoms with Crippen molar-refractivity contribution in [3.8, 4) is 0 Å². The molecule has 7 heteroatoms. The number of carbonyl (C=O) groups excluding carboxylic acids is 1. The fourth-order valence-corrected chi connectivity index (χ4v) is 1.83. The maximum atomic E-state index is 11.7. The number of rotatable bonds is 2. The van der Waals surface area contributed by atoms with Crippen molar-refractivity contribution >= 4 is 39.3 Å². The fourth-order valence-electron chi connectivity index (χ4n) is 1.16. The molecule has 0 aromatic carbocycles. The average Bonchev–Trinajstić information content (AvgIpc) is 2.69. The Morgan fingerprint density at radius 2 is 2.24 bits per heavy atom. The lowest BCUT2D eigenvalue weighted by Crippen LogP contribution is -2.13. The zero-order valence-corrected chi connectivity index (χ0v) is 11.0. The van der Waals surface area contributed by atoms with E-state index in [1.54, 1.807) is 19.1 Å². The van der Waals surface area contributed by atoms with Crippen LogP contribution in [0.5, 0.6) is 0 Å². The van der Waals surface area contributed by atoms with Gasteiger partial charge in [0.15, 0.2) is 16.7 Å². The van der Waals surface area contributed by atoms with Crippen molar-refractivity contribution in [1.29, 1.82) is 0 Å². The van der Waals surface area contributed by atoms with E-state index in [0.717, 1.165) is 0 Å². The molecule has 0 spiro atoms. The van der Waals surface area contributed by atoms with E-state index < -0.39 is 5.91 Å². The normalized spacial score (nSPS) is 10.3. The SMILES string of the molecule is Cc1ccc(C(=O)Nc2nnc(Cl)cc2Br)o1. The van der Waals surface area contributed by atoms with Gasteiger partial charge in [0.25, 0.3) is 5.91 Å². The van der Waals surface area contributed by atoms with Crippen LogP contribution in [0, 0.1) is 6.92 Å². The van der Waals surface area contributed by atoms with Gasteiger partial charge in [0.1, 0.15) is 5.76 Å². The Hall–Kier alpha value is -1.40. The first-order valence-corrected chi connectivity index (χ1v) is 5.80. The maximum Gasteiger partial charge on any atom is 0.292 e. The van der Waals surface area contributed by atoms with Gasteiger partial charge in [0.2, 0.25) is 0 Å². The Morgan fingerprint density at radius 3 is 2.82 bits per heavy atom. The van der Waals surface area contributed by atoms with E-state index in [1.165, 1.54) is 6.07 Å². The van der Waals surface area contributed by atoms with Gasteiger partial charge in [-0.25, -0.2) is 0 Å². The number of hydrogen-bond acceptors (Lipinski definition) is 4. The van der Waals surface area contributed by atoms with E-state index in [2.05, 4.69) is 31.4 Å². The van der Waals surface area contributed by atoms with Crippen molar-refractivity contribution < 1.29 is 9.21 Å². The predicted octanol–water partition coefficient (Wildman–Crippen LogP) is 3.05. The summed E-state index contributed by atoms with van der Waals surface area (Å²) in [5.41, 5.74) is 0. The summed E-state index contributed by atoms with van der Waals surface area (Å²) in [6.07, 6.45) is 0. The minimum Gasteiger partial charge on any atom is -0.456 e. The lowest BCUT2D eigenvalue weighted by molar-refractivity contribution is 0.0995. The maximum absolute atomic E-state index is 11.7. The second-order valence-corrected chi connectivity index (χ2v) is 4.47. The van der Waals surface area contributed by atoms with Crippen LogP contribution in [0.15, 0.2) is 27.1 Å². The zero-order chi connectivity index (χ0) is 12.4. The highest BCUT2D eigenvalue weighted by Crippen LogP contribution is 2.22. The highest BCUT2D eigenvalue weighted by Gasteiger charge is 2.13. The van der Waals surface area contributed by atoms with Crippen molar-refractivity contribution in [2.45, 2.75) is 6.92 Å². The number of nitrogens with zero attached hydrogens (tertiary/aromatic N) is 2. The van der Waals surface area contributed by atoms with Gasteiger partial charge >= 0.3 is 0 Å². The van der Waals surface area contributed by atoms with E-state index in [9.17, 15) is 4.79 Å². The predicted molar refractivity (Wildman–Crippen MR) is 66.1 cm³/mol. The first-order chi connectivity index (χ1) is 8.06. The first kappa shape index (κ1) is 12.1. The standard InChI is InChI=1S/C10H7BrClN3O2/c1-5-2-3-7(17-5)10(16)13-9-6(11)4-8(12)14-15-9/h2-4H,1H3,(H,13,15,16). The number of anilines is 1. The number of aryl methyl sites for hydroxylation is 1. The van der Waals surface area contributed by atoms with Crippen LogP contribution in [-0.4, -0.2) is 16.1 Å². The Bertz CT molecular complexity index is 570. The molecule has 0 aliphatic carbocycles. The molecule has 0 radical (unpaired) electrons. The van der Waals surface area contributed by atoms with Gasteiger partial charge in [-0.05, 0) is 41.1 Å². The molecule has 2 aromatic rings. The van der Waals surface area contributed by atoms with Crippen LogP contribution in [0.3, 0.4) is 0 Å². The molecule has 2 rings (SSSR count). The molecule has 5 nitrogen and oxygen atoms in total. The van der Waals surface area contributed by atoms with E-state index in [4.69, 9.17) is 16.0 Å². The van der Waals surface area contributed by atoms with Crippen molar-refractivity contribution in [3.05, 3.63) is 39.3 Å². The third kappa shape index (κ3) is 2.83. The third-order valence-corrected chi connectivity index (χ3v) is 2.70. The molecule has 1 N–H and O–H groups in total. The van der Waals surface area contributed by atoms with Gasteiger partial charge in [-0.2, -0.15) is 0 Å². The summed E-state index contributed by atoms with van der Waals surface area (Å²) in [6.45, 7) is 1.76. The van der Waals surface area contributed by atoms with Crippen LogP contribution in [-0.2, 0) is 0 Å². The van der Waals surface area contributed by atoms with Crippen LogP contribution in [0.2, 0.25) is 5.15 Å². The van der Waals surface area contributed by atoms with Gasteiger partial charge in [-0.1, -0.05) is 11.6 Å². The first-order valence-electron chi connectivity index (χ1n) is 4.63. The average molecular weight is 317 g/mol. The largest absolute Gasteiger partial charge is 0.456 e. The summed E-state index contributed by atoms with van der Waals surface area (Å²) in [5.74, 6) is 0.770. The number of halogens is 2. The van der Waals surface area contributed by atoms with E-state index in [0.29, 0.717) is 10.2 Å². The molecule has 0 aliphatic rings. The number of aromatic nitrogens is 2. The molecule has 2 aromatic heterocycles. The van der Waals surface area contributed by atoms with Gasteiger partial charge in [0, 0.05) is 0 Å². The summed E-state index contributed by atoms with van der Waals surface area (Å²) < 4.78 is 5.73. The lowest BCUT2D eigenvalue weighted by Gasteiger charge is -2.03. The van der Waals surface area contributed by atoms with Crippen molar-refractivity contribution in [2.24, 2.45) is 0 Å². The third-order valence-electron chi connectivity index (χ3n) is 1.91. The van der Waals surface area contributed by atoms with Crippen LogP contribution in [0.25, 0.3) is 0 Å². The summed E-state index contributed by atoms with van der Waals surface area (Å²) in [7, 11) is 0.